The van der Waals surface area contributed by atoms with E-state index in [1.54, 1.807) is 12.1 Å². The Hall–Kier alpha value is -1.97. The molecule has 0 aliphatic carbocycles. The van der Waals surface area contributed by atoms with Crippen LogP contribution < -0.4 is 0 Å². The maximum Gasteiger partial charge on any atom is 0.311 e. The first-order valence-electron chi connectivity index (χ1n) is 4.47. The minimum absolute atomic E-state index is 0.0627. The van der Waals surface area contributed by atoms with Gasteiger partial charge in [0.25, 0.3) is 0 Å². The van der Waals surface area contributed by atoms with E-state index >= 15 is 0 Å². The normalized spacial score (nSPS) is 9.33. The molecule has 0 aromatic carbocycles. The van der Waals surface area contributed by atoms with Gasteiger partial charge in [0.2, 0.25) is 0 Å². The molecule has 0 amide bonds. The van der Waals surface area contributed by atoms with E-state index in [-0.39, 0.29) is 18.6 Å². The minimum atomic E-state index is -0.451. The van der Waals surface area contributed by atoms with Gasteiger partial charge in [-0.25, -0.2) is 0 Å². The number of carbonyl (C=O) groups is 2. The topological polar surface area (TPSA) is 56.3 Å². The summed E-state index contributed by atoms with van der Waals surface area (Å²) >= 11 is 0. The molecule has 0 unspecified atom stereocenters. The van der Waals surface area contributed by atoms with Gasteiger partial charge >= 0.3 is 5.97 Å². The fraction of sp³-hybridized carbons (Fsp3) is 0.182. The maximum atomic E-state index is 11.5. The summed E-state index contributed by atoms with van der Waals surface area (Å²) in [6.07, 6.45) is 4.33. The van der Waals surface area contributed by atoms with Crippen molar-refractivity contribution in [3.8, 4) is 0 Å². The monoisotopic (exact) mass is 205 g/mol. The lowest BCUT2D eigenvalue weighted by molar-refractivity contribution is -0.137. The van der Waals surface area contributed by atoms with Crippen LogP contribution in [0.4, 0.5) is 0 Å². The number of rotatable bonds is 5. The molecule has 0 radical (unpaired) electrons. The Morgan fingerprint density at radius 2 is 2.00 bits per heavy atom. The van der Waals surface area contributed by atoms with E-state index in [9.17, 15) is 9.59 Å². The third kappa shape index (κ3) is 3.72. The van der Waals surface area contributed by atoms with Crippen molar-refractivity contribution >= 4 is 11.8 Å². The average molecular weight is 205 g/mol. The Labute approximate surface area is 87.6 Å². The van der Waals surface area contributed by atoms with Gasteiger partial charge in [0.15, 0.2) is 5.78 Å². The number of carbonyl (C=O) groups excluding carboxylic acids is 2. The Bertz CT molecular complexity index is 359. The largest absolute Gasteiger partial charge is 0.435 e. The summed E-state index contributed by atoms with van der Waals surface area (Å²) in [5.41, 5.74) is 0.552. The predicted octanol–water partition coefficient (Wildman–Crippen LogP) is 1.73. The van der Waals surface area contributed by atoms with Gasteiger partial charge in [0.05, 0.1) is 12.7 Å². The van der Waals surface area contributed by atoms with Crippen LogP contribution in [0, 0.1) is 0 Å². The van der Waals surface area contributed by atoms with E-state index in [1.807, 2.05) is 0 Å². The highest BCUT2D eigenvalue weighted by molar-refractivity contribution is 5.97. The van der Waals surface area contributed by atoms with Crippen LogP contribution in [-0.2, 0) is 9.53 Å². The molecule has 4 heteroatoms. The van der Waals surface area contributed by atoms with E-state index in [2.05, 4.69) is 16.3 Å². The Morgan fingerprint density at radius 1 is 1.33 bits per heavy atom. The summed E-state index contributed by atoms with van der Waals surface area (Å²) < 4.78 is 4.49. The number of nitrogens with zero attached hydrogens (tertiary/aromatic N) is 1. The van der Waals surface area contributed by atoms with Crippen LogP contribution in [0.1, 0.15) is 23.2 Å². The van der Waals surface area contributed by atoms with Crippen molar-refractivity contribution in [1.29, 1.82) is 0 Å². The molecule has 0 atom stereocenters. The number of aromatic nitrogens is 1. The fourth-order valence-corrected chi connectivity index (χ4v) is 1.05. The van der Waals surface area contributed by atoms with E-state index in [0.29, 0.717) is 5.56 Å². The zero-order valence-corrected chi connectivity index (χ0v) is 8.18. The summed E-state index contributed by atoms with van der Waals surface area (Å²) in [6.45, 7) is 3.25. The molecule has 78 valence electrons. The highest BCUT2D eigenvalue weighted by Gasteiger charge is 2.08. The number of ether oxygens (including phenoxy) is 1. The molecule has 0 saturated carbocycles. The van der Waals surface area contributed by atoms with Crippen LogP contribution in [0.3, 0.4) is 0 Å². The molecular formula is C11H11NO3. The van der Waals surface area contributed by atoms with Crippen LogP contribution in [0.2, 0.25) is 0 Å². The molecule has 0 bridgehead atoms. The predicted molar refractivity (Wildman–Crippen MR) is 54.1 cm³/mol. The van der Waals surface area contributed by atoms with Crippen molar-refractivity contribution < 1.29 is 14.3 Å². The second-order valence-corrected chi connectivity index (χ2v) is 2.82. The van der Waals surface area contributed by atoms with Gasteiger partial charge in [0.1, 0.15) is 0 Å². The van der Waals surface area contributed by atoms with E-state index < -0.39 is 5.97 Å². The summed E-state index contributed by atoms with van der Waals surface area (Å²) in [7, 11) is 0. The van der Waals surface area contributed by atoms with Crippen LogP contribution in [-0.4, -0.2) is 16.7 Å². The molecule has 1 rings (SSSR count). The van der Waals surface area contributed by atoms with Crippen LogP contribution >= 0.6 is 0 Å². The lowest BCUT2D eigenvalue weighted by Crippen LogP contribution is -2.05. The third-order valence-electron chi connectivity index (χ3n) is 1.77. The van der Waals surface area contributed by atoms with Gasteiger partial charge in [-0.15, -0.1) is 0 Å². The number of hydrogen-bond acceptors (Lipinski definition) is 4. The molecule has 4 nitrogen and oxygen atoms in total. The first kappa shape index (κ1) is 11.1. The number of pyridine rings is 1. The first-order chi connectivity index (χ1) is 7.24. The SMILES string of the molecule is C=COC(=O)CCC(=O)c1ccncc1. The summed E-state index contributed by atoms with van der Waals surface area (Å²) in [4.78, 5) is 26.2. The molecule has 0 saturated heterocycles. The molecule has 0 fully saturated rings. The molecule has 1 aromatic heterocycles. The fourth-order valence-electron chi connectivity index (χ4n) is 1.05. The molecule has 0 aliphatic rings. The number of ketones is 1. The van der Waals surface area contributed by atoms with Crippen molar-refractivity contribution in [2.75, 3.05) is 0 Å². The highest BCUT2D eigenvalue weighted by Crippen LogP contribution is 2.04. The van der Waals surface area contributed by atoms with Crippen LogP contribution in [0.25, 0.3) is 0 Å². The average Bonchev–Trinajstić information content (AvgIpc) is 2.27. The number of esters is 1. The second kappa shape index (κ2) is 5.70. The quantitative estimate of drug-likeness (QED) is 0.417. The minimum Gasteiger partial charge on any atom is -0.435 e. The van der Waals surface area contributed by atoms with E-state index in [1.165, 1.54) is 12.4 Å². The summed E-state index contributed by atoms with van der Waals surface area (Å²) in [6, 6.07) is 3.22. The Morgan fingerprint density at radius 3 is 2.60 bits per heavy atom. The van der Waals surface area contributed by atoms with Gasteiger partial charge < -0.3 is 4.74 Å². The Balaban J connectivity index is 2.44. The highest BCUT2D eigenvalue weighted by atomic mass is 16.5. The molecule has 0 N–H and O–H groups in total. The van der Waals surface area contributed by atoms with Gasteiger partial charge in [-0.1, -0.05) is 6.58 Å². The smallest absolute Gasteiger partial charge is 0.311 e. The van der Waals surface area contributed by atoms with Gasteiger partial charge in [-0.05, 0) is 12.1 Å². The summed E-state index contributed by atoms with van der Waals surface area (Å²) in [5.74, 6) is -0.550. The molecule has 0 spiro atoms. The Kier molecular flexibility index (Phi) is 4.22. The zero-order chi connectivity index (χ0) is 11.1. The van der Waals surface area contributed by atoms with Crippen molar-refractivity contribution in [3.05, 3.63) is 42.9 Å². The van der Waals surface area contributed by atoms with Crippen molar-refractivity contribution in [3.63, 3.8) is 0 Å². The molecule has 0 aliphatic heterocycles. The molecule has 15 heavy (non-hydrogen) atoms. The number of Topliss-reactive ketones (excluding diaryl/α,β-unsaturated/α-hetero) is 1. The second-order valence-electron chi connectivity index (χ2n) is 2.82. The van der Waals surface area contributed by atoms with E-state index in [0.717, 1.165) is 6.26 Å². The van der Waals surface area contributed by atoms with Crippen molar-refractivity contribution in [2.45, 2.75) is 12.8 Å². The van der Waals surface area contributed by atoms with Crippen molar-refractivity contribution in [1.82, 2.24) is 4.98 Å². The number of hydrogen-bond donors (Lipinski definition) is 0. The molecule has 1 heterocycles. The van der Waals surface area contributed by atoms with Gasteiger partial charge in [-0.3, -0.25) is 14.6 Å². The van der Waals surface area contributed by atoms with Crippen molar-refractivity contribution in [2.24, 2.45) is 0 Å². The standard InChI is InChI=1S/C11H11NO3/c1-2-15-11(14)4-3-10(13)9-5-7-12-8-6-9/h2,5-8H,1,3-4H2. The van der Waals surface area contributed by atoms with Crippen LogP contribution in [0.15, 0.2) is 37.4 Å². The lowest BCUT2D eigenvalue weighted by Gasteiger charge is -1.99. The van der Waals surface area contributed by atoms with E-state index in [4.69, 9.17) is 0 Å². The van der Waals surface area contributed by atoms with Gasteiger partial charge in [0, 0.05) is 24.4 Å². The molecule has 1 aromatic rings. The maximum absolute atomic E-state index is 11.5. The molecular weight excluding hydrogens is 194 g/mol. The lowest BCUT2D eigenvalue weighted by atomic mass is 10.1. The van der Waals surface area contributed by atoms with Crippen LogP contribution in [0.5, 0.6) is 0 Å². The first-order valence-corrected chi connectivity index (χ1v) is 4.47. The zero-order valence-electron chi connectivity index (χ0n) is 8.18. The van der Waals surface area contributed by atoms with Gasteiger partial charge in [-0.2, -0.15) is 0 Å². The third-order valence-corrected chi connectivity index (χ3v) is 1.77. The summed E-state index contributed by atoms with van der Waals surface area (Å²) in [5, 5.41) is 0.